The Hall–Kier alpha value is -0.970. The highest BCUT2D eigenvalue weighted by molar-refractivity contribution is 6.42. The van der Waals surface area contributed by atoms with Crippen LogP contribution in [0.3, 0.4) is 0 Å². The van der Waals surface area contributed by atoms with Crippen molar-refractivity contribution in [3.05, 3.63) is 62.6 Å². The second kappa shape index (κ2) is 8.41. The van der Waals surface area contributed by atoms with Crippen molar-refractivity contribution in [1.29, 1.82) is 0 Å². The van der Waals surface area contributed by atoms with E-state index in [4.69, 9.17) is 39.5 Å². The standard InChI is InChI=1S/C18H20Cl3NO2/c1-18(2,11-23)22-9-13-8-14(19)4-6-17(13)24-10-12-3-5-15(20)16(21)7-12/h3-8,22-23H,9-11H2,1-2H3. The van der Waals surface area contributed by atoms with Crippen LogP contribution in [0.4, 0.5) is 0 Å². The minimum Gasteiger partial charge on any atom is -0.489 e. The average Bonchev–Trinajstić information content (AvgIpc) is 2.55. The highest BCUT2D eigenvalue weighted by Gasteiger charge is 2.16. The van der Waals surface area contributed by atoms with E-state index in [9.17, 15) is 5.11 Å². The molecular formula is C18H20Cl3NO2. The van der Waals surface area contributed by atoms with Crippen molar-refractivity contribution < 1.29 is 9.84 Å². The zero-order chi connectivity index (χ0) is 17.7. The fraction of sp³-hybridized carbons (Fsp3) is 0.333. The van der Waals surface area contributed by atoms with Crippen molar-refractivity contribution in [2.75, 3.05) is 6.61 Å². The van der Waals surface area contributed by atoms with Crippen LogP contribution in [0.2, 0.25) is 15.1 Å². The quantitative estimate of drug-likeness (QED) is 0.694. The van der Waals surface area contributed by atoms with Gasteiger partial charge in [0, 0.05) is 22.7 Å². The van der Waals surface area contributed by atoms with Gasteiger partial charge in [-0.3, -0.25) is 0 Å². The first-order valence-corrected chi connectivity index (χ1v) is 8.65. The smallest absolute Gasteiger partial charge is 0.124 e. The van der Waals surface area contributed by atoms with Gasteiger partial charge in [-0.1, -0.05) is 40.9 Å². The van der Waals surface area contributed by atoms with Crippen LogP contribution in [0.25, 0.3) is 0 Å². The molecule has 6 heteroatoms. The Morgan fingerprint density at radius 2 is 1.79 bits per heavy atom. The molecule has 0 heterocycles. The summed E-state index contributed by atoms with van der Waals surface area (Å²) in [6.45, 7) is 4.79. The first-order chi connectivity index (χ1) is 11.3. The summed E-state index contributed by atoms with van der Waals surface area (Å²) in [6.07, 6.45) is 0. The van der Waals surface area contributed by atoms with Crippen LogP contribution in [0, 0.1) is 0 Å². The van der Waals surface area contributed by atoms with Gasteiger partial charge in [0.1, 0.15) is 12.4 Å². The molecule has 0 amide bonds. The van der Waals surface area contributed by atoms with E-state index in [0.717, 1.165) is 16.9 Å². The lowest BCUT2D eigenvalue weighted by molar-refractivity contribution is 0.186. The second-order valence-corrected chi connectivity index (χ2v) is 7.44. The largest absolute Gasteiger partial charge is 0.489 e. The second-order valence-electron chi connectivity index (χ2n) is 6.18. The van der Waals surface area contributed by atoms with Crippen LogP contribution in [0.5, 0.6) is 5.75 Å². The summed E-state index contributed by atoms with van der Waals surface area (Å²) >= 11 is 18.0. The molecule has 0 atom stereocenters. The predicted molar refractivity (Wildman–Crippen MR) is 100 cm³/mol. The molecule has 0 unspecified atom stereocenters. The Kier molecular flexibility index (Phi) is 6.79. The van der Waals surface area contributed by atoms with Crippen molar-refractivity contribution >= 4 is 34.8 Å². The van der Waals surface area contributed by atoms with Gasteiger partial charge in [0.2, 0.25) is 0 Å². The number of aliphatic hydroxyl groups is 1. The van der Waals surface area contributed by atoms with Gasteiger partial charge in [-0.05, 0) is 49.7 Å². The summed E-state index contributed by atoms with van der Waals surface area (Å²) in [5, 5.41) is 14.3. The number of halogens is 3. The van der Waals surface area contributed by atoms with Crippen LogP contribution in [-0.2, 0) is 13.2 Å². The Morgan fingerprint density at radius 3 is 2.46 bits per heavy atom. The van der Waals surface area contributed by atoms with Gasteiger partial charge >= 0.3 is 0 Å². The predicted octanol–water partition coefficient (Wildman–Crippen LogP) is 5.09. The van der Waals surface area contributed by atoms with E-state index in [1.807, 2.05) is 32.0 Å². The van der Waals surface area contributed by atoms with E-state index in [1.54, 1.807) is 18.2 Å². The van der Waals surface area contributed by atoms with Gasteiger partial charge < -0.3 is 15.2 Å². The van der Waals surface area contributed by atoms with Crippen LogP contribution in [-0.4, -0.2) is 17.3 Å². The van der Waals surface area contributed by atoms with Gasteiger partial charge in [0.15, 0.2) is 0 Å². The summed E-state index contributed by atoms with van der Waals surface area (Å²) in [5.74, 6) is 0.728. The molecule has 0 saturated carbocycles. The molecule has 0 aliphatic carbocycles. The molecule has 0 radical (unpaired) electrons. The molecule has 2 aromatic rings. The van der Waals surface area contributed by atoms with E-state index >= 15 is 0 Å². The molecule has 2 aromatic carbocycles. The molecule has 2 N–H and O–H groups in total. The van der Waals surface area contributed by atoms with Crippen molar-refractivity contribution in [1.82, 2.24) is 5.32 Å². The number of nitrogens with one attached hydrogen (secondary N) is 1. The van der Waals surface area contributed by atoms with Gasteiger partial charge in [0.05, 0.1) is 16.7 Å². The molecule has 0 aliphatic rings. The van der Waals surface area contributed by atoms with Gasteiger partial charge in [-0.15, -0.1) is 0 Å². The molecule has 130 valence electrons. The zero-order valence-corrected chi connectivity index (χ0v) is 15.8. The van der Waals surface area contributed by atoms with Gasteiger partial charge in [-0.25, -0.2) is 0 Å². The molecule has 0 saturated heterocycles. The van der Waals surface area contributed by atoms with E-state index < -0.39 is 0 Å². The third-order valence-electron chi connectivity index (χ3n) is 3.55. The lowest BCUT2D eigenvalue weighted by Crippen LogP contribution is -2.42. The highest BCUT2D eigenvalue weighted by atomic mass is 35.5. The van der Waals surface area contributed by atoms with Gasteiger partial charge in [0.25, 0.3) is 0 Å². The van der Waals surface area contributed by atoms with Crippen molar-refractivity contribution in [3.8, 4) is 5.75 Å². The molecule has 24 heavy (non-hydrogen) atoms. The number of hydrogen-bond acceptors (Lipinski definition) is 3. The number of benzene rings is 2. The van der Waals surface area contributed by atoms with Crippen molar-refractivity contribution in [2.24, 2.45) is 0 Å². The van der Waals surface area contributed by atoms with Crippen molar-refractivity contribution in [3.63, 3.8) is 0 Å². The molecule has 0 bridgehead atoms. The fourth-order valence-corrected chi connectivity index (χ4v) is 2.52. The minimum atomic E-state index is -0.386. The topological polar surface area (TPSA) is 41.5 Å². The van der Waals surface area contributed by atoms with E-state index in [-0.39, 0.29) is 12.1 Å². The Labute approximate surface area is 157 Å². The lowest BCUT2D eigenvalue weighted by Gasteiger charge is -2.24. The number of rotatable bonds is 7. The summed E-state index contributed by atoms with van der Waals surface area (Å²) < 4.78 is 5.91. The number of hydrogen-bond donors (Lipinski definition) is 2. The number of ether oxygens (including phenoxy) is 1. The van der Waals surface area contributed by atoms with E-state index in [1.165, 1.54) is 0 Å². The average molecular weight is 389 g/mol. The molecule has 0 aromatic heterocycles. The van der Waals surface area contributed by atoms with Crippen LogP contribution < -0.4 is 10.1 Å². The van der Waals surface area contributed by atoms with E-state index in [0.29, 0.717) is 28.2 Å². The summed E-state index contributed by atoms with van der Waals surface area (Å²) in [7, 11) is 0. The summed E-state index contributed by atoms with van der Waals surface area (Å²) in [4.78, 5) is 0. The van der Waals surface area contributed by atoms with E-state index in [2.05, 4.69) is 5.32 Å². The van der Waals surface area contributed by atoms with Crippen LogP contribution in [0.1, 0.15) is 25.0 Å². The maximum Gasteiger partial charge on any atom is 0.124 e. The Morgan fingerprint density at radius 1 is 1.04 bits per heavy atom. The SMILES string of the molecule is CC(C)(CO)NCc1cc(Cl)ccc1OCc1ccc(Cl)c(Cl)c1. The Balaban J connectivity index is 2.10. The van der Waals surface area contributed by atoms with Gasteiger partial charge in [-0.2, -0.15) is 0 Å². The zero-order valence-electron chi connectivity index (χ0n) is 13.6. The molecule has 0 aliphatic heterocycles. The lowest BCUT2D eigenvalue weighted by atomic mass is 10.1. The fourth-order valence-electron chi connectivity index (χ4n) is 2.01. The summed E-state index contributed by atoms with van der Waals surface area (Å²) in [5.41, 5.74) is 1.46. The normalized spacial score (nSPS) is 11.6. The monoisotopic (exact) mass is 387 g/mol. The first-order valence-electron chi connectivity index (χ1n) is 7.52. The third-order valence-corrected chi connectivity index (χ3v) is 4.53. The van der Waals surface area contributed by atoms with Crippen LogP contribution >= 0.6 is 34.8 Å². The molecule has 3 nitrogen and oxygen atoms in total. The highest BCUT2D eigenvalue weighted by Crippen LogP contribution is 2.26. The summed E-state index contributed by atoms with van der Waals surface area (Å²) in [6, 6.07) is 10.9. The molecular weight excluding hydrogens is 369 g/mol. The molecule has 0 spiro atoms. The van der Waals surface area contributed by atoms with Crippen LogP contribution in [0.15, 0.2) is 36.4 Å². The molecule has 0 fully saturated rings. The number of aliphatic hydroxyl groups excluding tert-OH is 1. The maximum atomic E-state index is 9.35. The third kappa shape index (κ3) is 5.54. The van der Waals surface area contributed by atoms with Crippen molar-refractivity contribution in [2.45, 2.75) is 32.5 Å². The minimum absolute atomic E-state index is 0.0348. The maximum absolute atomic E-state index is 9.35. The Bertz CT molecular complexity index is 705. The first kappa shape index (κ1) is 19.4. The molecule has 2 rings (SSSR count).